The van der Waals surface area contributed by atoms with Gasteiger partial charge in [0.15, 0.2) is 17.5 Å². The van der Waals surface area contributed by atoms with Crippen LogP contribution in [0.2, 0.25) is 0 Å². The van der Waals surface area contributed by atoms with E-state index in [1.165, 1.54) is 22.3 Å². The maximum atomic E-state index is 6.52. The Morgan fingerprint density at radius 2 is 0.636 bits per heavy atom. The summed E-state index contributed by atoms with van der Waals surface area (Å²) in [6.45, 7) is 0. The molecule has 0 saturated heterocycles. The lowest BCUT2D eigenvalue weighted by Crippen LogP contribution is -2.00. The molecular weight excluding hydrogens is 671 g/mol. The first-order chi connectivity index (χ1) is 27.2. The van der Waals surface area contributed by atoms with Crippen molar-refractivity contribution in [2.45, 2.75) is 0 Å². The lowest BCUT2D eigenvalue weighted by atomic mass is 9.95. The minimum Gasteiger partial charge on any atom is -0.456 e. The molecule has 0 spiro atoms. The number of benzene rings is 8. The molecule has 4 nitrogen and oxygen atoms in total. The van der Waals surface area contributed by atoms with Crippen molar-refractivity contribution in [3.63, 3.8) is 0 Å². The monoisotopic (exact) mass is 703 g/mol. The van der Waals surface area contributed by atoms with E-state index in [0.29, 0.717) is 17.5 Å². The van der Waals surface area contributed by atoms with E-state index in [2.05, 4.69) is 146 Å². The second-order valence-electron chi connectivity index (χ2n) is 13.6. The van der Waals surface area contributed by atoms with E-state index in [-0.39, 0.29) is 0 Å². The van der Waals surface area contributed by atoms with Crippen LogP contribution in [0.15, 0.2) is 205 Å². The molecule has 2 aromatic heterocycles. The minimum absolute atomic E-state index is 0.578. The number of para-hydroxylation sites is 1. The highest BCUT2D eigenvalue weighted by molar-refractivity contribution is 6.13. The zero-order valence-electron chi connectivity index (χ0n) is 29.8. The van der Waals surface area contributed by atoms with Crippen LogP contribution >= 0.6 is 0 Å². The Balaban J connectivity index is 1.08. The highest BCUT2D eigenvalue weighted by atomic mass is 16.3. The van der Waals surface area contributed by atoms with Crippen molar-refractivity contribution >= 4 is 21.9 Å². The molecule has 0 bridgehead atoms. The highest BCUT2D eigenvalue weighted by Gasteiger charge is 2.19. The molecule has 2 heterocycles. The van der Waals surface area contributed by atoms with Crippen LogP contribution in [0.5, 0.6) is 0 Å². The molecule has 8 aromatic carbocycles. The topological polar surface area (TPSA) is 51.8 Å². The van der Waals surface area contributed by atoms with E-state index in [1.54, 1.807) is 0 Å². The molecule has 10 aromatic rings. The average Bonchev–Trinajstić information content (AvgIpc) is 3.66. The molecule has 0 unspecified atom stereocenters. The quantitative estimate of drug-likeness (QED) is 0.166. The summed E-state index contributed by atoms with van der Waals surface area (Å²) >= 11 is 0. The normalized spacial score (nSPS) is 11.3. The van der Waals surface area contributed by atoms with Crippen molar-refractivity contribution in [2.75, 3.05) is 0 Å². The fraction of sp³-hybridized carbons (Fsp3) is 0. The van der Waals surface area contributed by atoms with Crippen LogP contribution < -0.4 is 0 Å². The third kappa shape index (κ3) is 6.26. The van der Waals surface area contributed by atoms with Gasteiger partial charge in [-0.1, -0.05) is 182 Å². The third-order valence-electron chi connectivity index (χ3n) is 10.2. The van der Waals surface area contributed by atoms with Crippen molar-refractivity contribution < 1.29 is 4.42 Å². The Bertz CT molecular complexity index is 2920. The van der Waals surface area contributed by atoms with E-state index in [9.17, 15) is 0 Å². The summed E-state index contributed by atoms with van der Waals surface area (Å²) in [6, 6.07) is 69.3. The van der Waals surface area contributed by atoms with Gasteiger partial charge in [-0.25, -0.2) is 15.0 Å². The molecule has 4 heteroatoms. The van der Waals surface area contributed by atoms with Gasteiger partial charge in [0, 0.05) is 27.5 Å². The maximum Gasteiger partial charge on any atom is 0.164 e. The molecule has 0 radical (unpaired) electrons. The van der Waals surface area contributed by atoms with Gasteiger partial charge in [-0.05, 0) is 62.7 Å². The van der Waals surface area contributed by atoms with E-state index in [1.807, 2.05) is 54.6 Å². The Morgan fingerprint density at radius 3 is 1.15 bits per heavy atom. The number of nitrogens with zero attached hydrogens (tertiary/aromatic N) is 3. The minimum atomic E-state index is 0.578. The molecule has 0 N–H and O–H groups in total. The van der Waals surface area contributed by atoms with Gasteiger partial charge in [-0.2, -0.15) is 0 Å². The van der Waals surface area contributed by atoms with Crippen LogP contribution in [0.1, 0.15) is 0 Å². The summed E-state index contributed by atoms with van der Waals surface area (Å²) in [6.07, 6.45) is 0. The van der Waals surface area contributed by atoms with Gasteiger partial charge in [-0.15, -0.1) is 0 Å². The van der Waals surface area contributed by atoms with E-state index in [4.69, 9.17) is 19.4 Å². The van der Waals surface area contributed by atoms with E-state index >= 15 is 0 Å². The predicted molar refractivity (Wildman–Crippen MR) is 225 cm³/mol. The first-order valence-electron chi connectivity index (χ1n) is 18.4. The first kappa shape index (κ1) is 32.2. The predicted octanol–water partition coefficient (Wildman–Crippen LogP) is 13.4. The number of hydrogen-bond donors (Lipinski definition) is 0. The van der Waals surface area contributed by atoms with Gasteiger partial charge in [0.25, 0.3) is 0 Å². The fourth-order valence-electron chi connectivity index (χ4n) is 7.33. The highest BCUT2D eigenvalue weighted by Crippen LogP contribution is 2.40. The lowest BCUT2D eigenvalue weighted by molar-refractivity contribution is 0.669. The van der Waals surface area contributed by atoms with Crippen LogP contribution in [0.25, 0.3) is 101 Å². The largest absolute Gasteiger partial charge is 0.456 e. The Morgan fingerprint density at radius 1 is 0.273 bits per heavy atom. The summed E-state index contributed by atoms with van der Waals surface area (Å²) in [4.78, 5) is 15.2. The van der Waals surface area contributed by atoms with Gasteiger partial charge in [-0.3, -0.25) is 0 Å². The summed E-state index contributed by atoms with van der Waals surface area (Å²) in [5, 5.41) is 2.14. The standard InChI is InChI=1S/C51H33N3O/c1-4-12-34(13-5-1)36-20-22-38(23-21-36)39-26-30-42(31-27-39)50-52-49(41-16-8-3-9-17-41)53-51(54-50)43-32-45(48-44-18-10-11-19-46(44)55-47(48)33-43)40-28-24-37(25-29-40)35-14-6-2-7-15-35/h1-33H. The zero-order valence-corrected chi connectivity index (χ0v) is 29.8. The van der Waals surface area contributed by atoms with Crippen LogP contribution in [0.3, 0.4) is 0 Å². The van der Waals surface area contributed by atoms with Crippen molar-refractivity contribution in [1.82, 2.24) is 15.0 Å². The van der Waals surface area contributed by atoms with Gasteiger partial charge < -0.3 is 4.42 Å². The summed E-state index contributed by atoms with van der Waals surface area (Å²) < 4.78 is 6.52. The molecule has 0 aliphatic rings. The van der Waals surface area contributed by atoms with Gasteiger partial charge in [0.05, 0.1) is 0 Å². The number of furan rings is 1. The maximum absolute atomic E-state index is 6.52. The SMILES string of the molecule is c1ccc(-c2ccc(-c3ccc(-c4nc(-c5ccccc5)nc(-c5cc(-c6ccc(-c7ccccc7)cc6)c6c(c5)oc5ccccc56)n4)cc3)cc2)cc1. The zero-order chi connectivity index (χ0) is 36.6. The summed E-state index contributed by atoms with van der Waals surface area (Å²) in [5.41, 5.74) is 13.5. The first-order valence-corrected chi connectivity index (χ1v) is 18.4. The third-order valence-corrected chi connectivity index (χ3v) is 10.2. The van der Waals surface area contributed by atoms with Crippen LogP contribution in [-0.2, 0) is 0 Å². The van der Waals surface area contributed by atoms with Crippen molar-refractivity contribution in [3.05, 3.63) is 200 Å². The Kier molecular flexibility index (Phi) is 8.12. The number of rotatable bonds is 7. The van der Waals surface area contributed by atoms with Gasteiger partial charge in [0.2, 0.25) is 0 Å². The summed E-state index contributed by atoms with van der Waals surface area (Å²) in [5.74, 6) is 1.79. The molecule has 0 aliphatic heterocycles. The Labute approximate surface area is 319 Å². The van der Waals surface area contributed by atoms with Crippen LogP contribution in [0.4, 0.5) is 0 Å². The Hall–Kier alpha value is -7.43. The molecule has 0 aliphatic carbocycles. The smallest absolute Gasteiger partial charge is 0.164 e. The second-order valence-corrected chi connectivity index (χ2v) is 13.6. The molecule has 0 saturated carbocycles. The molecule has 55 heavy (non-hydrogen) atoms. The fourth-order valence-corrected chi connectivity index (χ4v) is 7.33. The van der Waals surface area contributed by atoms with Gasteiger partial charge >= 0.3 is 0 Å². The average molecular weight is 704 g/mol. The second kappa shape index (κ2) is 13.8. The van der Waals surface area contributed by atoms with Crippen molar-refractivity contribution in [3.8, 4) is 78.7 Å². The molecule has 258 valence electrons. The van der Waals surface area contributed by atoms with Crippen molar-refractivity contribution in [2.24, 2.45) is 0 Å². The number of fused-ring (bicyclic) bond motifs is 3. The molecule has 0 fully saturated rings. The lowest BCUT2D eigenvalue weighted by Gasteiger charge is -2.12. The van der Waals surface area contributed by atoms with Crippen molar-refractivity contribution in [1.29, 1.82) is 0 Å². The molecule has 0 atom stereocenters. The van der Waals surface area contributed by atoms with Crippen LogP contribution in [-0.4, -0.2) is 15.0 Å². The van der Waals surface area contributed by atoms with E-state index in [0.717, 1.165) is 60.9 Å². The van der Waals surface area contributed by atoms with Gasteiger partial charge in [0.1, 0.15) is 11.2 Å². The van der Waals surface area contributed by atoms with Crippen LogP contribution in [0, 0.1) is 0 Å². The molecule has 10 rings (SSSR count). The number of aromatic nitrogens is 3. The summed E-state index contributed by atoms with van der Waals surface area (Å²) in [7, 11) is 0. The van der Waals surface area contributed by atoms with E-state index < -0.39 is 0 Å². The number of hydrogen-bond acceptors (Lipinski definition) is 4. The molecular formula is C51H33N3O. The molecule has 0 amide bonds.